The largest absolute Gasteiger partial charge is 0.500 e. The first-order chi connectivity index (χ1) is 11.9. The van der Waals surface area contributed by atoms with Gasteiger partial charge in [-0.15, -0.1) is 0 Å². The Hall–Kier alpha value is 0.664. The molecule has 0 aromatic carbocycles. The van der Waals surface area contributed by atoms with E-state index >= 15 is 0 Å². The molecule has 0 aliphatic heterocycles. The third kappa shape index (κ3) is 15.4. The van der Waals surface area contributed by atoms with Crippen LogP contribution in [0, 0.1) is 0 Å². The molecule has 0 spiro atoms. The summed E-state index contributed by atoms with van der Waals surface area (Å²) in [6, 6.07) is 0.975. The molecule has 152 valence electrons. The van der Waals surface area contributed by atoms with E-state index < -0.39 is 16.9 Å². The van der Waals surface area contributed by atoms with Gasteiger partial charge in [-0.2, -0.15) is 11.8 Å². The van der Waals surface area contributed by atoms with E-state index in [1.165, 1.54) is 11.1 Å². The first kappa shape index (κ1) is 25.7. The van der Waals surface area contributed by atoms with E-state index in [4.69, 9.17) is 13.3 Å². The summed E-state index contributed by atoms with van der Waals surface area (Å²) >= 11 is 2.10. The van der Waals surface area contributed by atoms with Crippen molar-refractivity contribution < 1.29 is 13.3 Å². The Balaban J connectivity index is 4.58. The molecule has 0 radical (unpaired) electrons. The highest BCUT2D eigenvalue weighted by Crippen LogP contribution is 2.22. The Kier molecular flexibility index (Phi) is 16.1. The van der Waals surface area contributed by atoms with Crippen molar-refractivity contribution in [1.82, 2.24) is 0 Å². The van der Waals surface area contributed by atoms with Crippen LogP contribution >= 0.6 is 11.8 Å². The maximum Gasteiger partial charge on any atom is 0.500 e. The van der Waals surface area contributed by atoms with E-state index in [9.17, 15) is 0 Å². The zero-order valence-corrected chi connectivity index (χ0v) is 20.6. The normalized spacial score (nSPS) is 12.7. The molecule has 0 saturated heterocycles. The molecule has 0 amide bonds. The first-order valence-electron chi connectivity index (χ1n) is 10.4. The van der Waals surface area contributed by atoms with Gasteiger partial charge in [-0.1, -0.05) is 59.7 Å². The van der Waals surface area contributed by atoms with E-state index in [0.717, 1.165) is 70.8 Å². The van der Waals surface area contributed by atoms with Crippen molar-refractivity contribution in [2.45, 2.75) is 91.4 Å². The van der Waals surface area contributed by atoms with Gasteiger partial charge < -0.3 is 13.3 Å². The average Bonchev–Trinajstić information content (AvgIpc) is 2.54. The minimum atomic E-state index is -2.51. The van der Waals surface area contributed by atoms with Gasteiger partial charge in [0.1, 0.15) is 0 Å². The van der Waals surface area contributed by atoms with Crippen LogP contribution in [0.1, 0.15) is 65.7 Å². The molecule has 0 N–H and O–H groups in total. The van der Waals surface area contributed by atoms with Crippen LogP contribution in [0.15, 0.2) is 0 Å². The average molecular weight is 409 g/mol. The molecule has 0 unspecified atom stereocenters. The molecular weight excluding hydrogens is 364 g/mol. The van der Waals surface area contributed by atoms with Crippen LogP contribution in [0.25, 0.3) is 0 Å². The van der Waals surface area contributed by atoms with Gasteiger partial charge in [0.25, 0.3) is 0 Å². The van der Waals surface area contributed by atoms with Gasteiger partial charge in [0.05, 0.1) is 8.07 Å². The first-order valence-corrected chi connectivity index (χ1v) is 17.2. The summed E-state index contributed by atoms with van der Waals surface area (Å²) < 4.78 is 18.9. The zero-order valence-electron chi connectivity index (χ0n) is 17.8. The Morgan fingerprint density at radius 3 is 1.48 bits per heavy atom. The molecule has 0 rings (SSSR count). The third-order valence-electron chi connectivity index (χ3n) is 3.77. The van der Waals surface area contributed by atoms with Gasteiger partial charge in [-0.3, -0.25) is 0 Å². The van der Waals surface area contributed by atoms with Gasteiger partial charge in [0.15, 0.2) is 0 Å². The molecule has 25 heavy (non-hydrogen) atoms. The standard InChI is InChI=1S/C19H44O3SSi2/c1-7-10-14-20-25(21-15-11-8-2,22-16-12-9-3)18-13-17-23-19-24(4,5)6/h7-19H2,1-6H3. The second-order valence-corrected chi connectivity index (χ2v) is 17.8. The van der Waals surface area contributed by atoms with Crippen molar-refractivity contribution >= 4 is 28.6 Å². The van der Waals surface area contributed by atoms with Crippen molar-refractivity contribution in [3.8, 4) is 0 Å². The summed E-state index contributed by atoms with van der Waals surface area (Å²) in [7, 11) is -3.46. The fourth-order valence-electron chi connectivity index (χ4n) is 2.23. The van der Waals surface area contributed by atoms with Gasteiger partial charge in [-0.05, 0) is 36.8 Å². The summed E-state index contributed by atoms with van der Waals surface area (Å²) in [4.78, 5) is 0. The van der Waals surface area contributed by atoms with Gasteiger partial charge in [-0.25, -0.2) is 0 Å². The third-order valence-corrected chi connectivity index (χ3v) is 11.5. The summed E-state index contributed by atoms with van der Waals surface area (Å²) in [5.74, 6) is 1.20. The maximum absolute atomic E-state index is 6.30. The summed E-state index contributed by atoms with van der Waals surface area (Å²) in [5.41, 5.74) is 0. The monoisotopic (exact) mass is 408 g/mol. The van der Waals surface area contributed by atoms with Gasteiger partial charge >= 0.3 is 8.80 Å². The Labute approximate surface area is 164 Å². The molecule has 0 aromatic rings. The fraction of sp³-hybridized carbons (Fsp3) is 1.00. The molecule has 0 bridgehead atoms. The highest BCUT2D eigenvalue weighted by molar-refractivity contribution is 8.00. The second kappa shape index (κ2) is 15.7. The zero-order chi connectivity index (χ0) is 19.0. The minimum Gasteiger partial charge on any atom is -0.373 e. The molecule has 0 aromatic heterocycles. The Bertz CT molecular complexity index is 272. The molecule has 6 heteroatoms. The van der Waals surface area contributed by atoms with Crippen LogP contribution in [-0.2, 0) is 13.3 Å². The SMILES string of the molecule is CCCCO[Si](CCCSC[Si](C)(C)C)(OCCCC)OCCCC. The van der Waals surface area contributed by atoms with Crippen LogP contribution in [0.5, 0.6) is 0 Å². The molecule has 0 saturated carbocycles. The van der Waals surface area contributed by atoms with Crippen LogP contribution in [0.2, 0.25) is 25.7 Å². The van der Waals surface area contributed by atoms with Crippen molar-refractivity contribution in [3.05, 3.63) is 0 Å². The molecule has 0 heterocycles. The fourth-order valence-corrected chi connectivity index (χ4v) is 8.52. The molecule has 0 aliphatic carbocycles. The summed E-state index contributed by atoms with van der Waals surface area (Å²) in [5, 5.41) is 1.34. The van der Waals surface area contributed by atoms with Crippen molar-refractivity contribution in [2.24, 2.45) is 0 Å². The molecule has 3 nitrogen and oxygen atoms in total. The van der Waals surface area contributed by atoms with Crippen molar-refractivity contribution in [2.75, 3.05) is 30.9 Å². The predicted molar refractivity (Wildman–Crippen MR) is 118 cm³/mol. The highest BCUT2D eigenvalue weighted by Gasteiger charge is 2.40. The lowest BCUT2D eigenvalue weighted by atomic mass is 10.4. The van der Waals surface area contributed by atoms with E-state index in [0.29, 0.717) is 0 Å². The number of thioether (sulfide) groups is 1. The minimum absolute atomic E-state index is 0.781. The van der Waals surface area contributed by atoms with Crippen LogP contribution in [-0.4, -0.2) is 47.8 Å². The summed E-state index contributed by atoms with van der Waals surface area (Å²) in [6.07, 6.45) is 7.88. The number of unbranched alkanes of at least 4 members (excludes halogenated alkanes) is 3. The quantitative estimate of drug-likeness (QED) is 0.194. The smallest absolute Gasteiger partial charge is 0.373 e. The second-order valence-electron chi connectivity index (χ2n) is 8.01. The lowest BCUT2D eigenvalue weighted by Gasteiger charge is -2.30. The van der Waals surface area contributed by atoms with Crippen LogP contribution < -0.4 is 0 Å². The van der Waals surface area contributed by atoms with E-state index in [1.807, 2.05) is 0 Å². The lowest BCUT2D eigenvalue weighted by molar-refractivity contribution is 0.0562. The van der Waals surface area contributed by atoms with Crippen LogP contribution in [0.4, 0.5) is 0 Å². The predicted octanol–water partition coefficient (Wildman–Crippen LogP) is 6.38. The number of rotatable bonds is 18. The van der Waals surface area contributed by atoms with Crippen molar-refractivity contribution in [3.63, 3.8) is 0 Å². The topological polar surface area (TPSA) is 27.7 Å². The Morgan fingerprint density at radius 1 is 0.680 bits per heavy atom. The molecule has 0 atom stereocenters. The van der Waals surface area contributed by atoms with E-state index in [1.54, 1.807) is 0 Å². The maximum atomic E-state index is 6.30. The molecule has 0 fully saturated rings. The van der Waals surface area contributed by atoms with Crippen molar-refractivity contribution in [1.29, 1.82) is 0 Å². The lowest BCUT2D eigenvalue weighted by Crippen LogP contribution is -2.46. The van der Waals surface area contributed by atoms with Gasteiger partial charge in [0, 0.05) is 25.9 Å². The van der Waals surface area contributed by atoms with Gasteiger partial charge in [0.2, 0.25) is 0 Å². The number of hydrogen-bond donors (Lipinski definition) is 0. The molecule has 0 aliphatic rings. The van der Waals surface area contributed by atoms with Crippen LogP contribution in [0.3, 0.4) is 0 Å². The summed E-state index contributed by atoms with van der Waals surface area (Å²) in [6.45, 7) is 16.3. The van der Waals surface area contributed by atoms with E-state index in [2.05, 4.69) is 52.2 Å². The van der Waals surface area contributed by atoms with E-state index in [-0.39, 0.29) is 0 Å². The number of hydrogen-bond acceptors (Lipinski definition) is 4. The highest BCUT2D eigenvalue weighted by atomic mass is 32.2. The Morgan fingerprint density at radius 2 is 1.12 bits per heavy atom. The molecular formula is C19H44O3SSi2.